The Labute approximate surface area is 93.0 Å². The van der Waals surface area contributed by atoms with Crippen LogP contribution < -0.4 is 11.6 Å². The highest BCUT2D eigenvalue weighted by Gasteiger charge is 2.14. The van der Waals surface area contributed by atoms with E-state index in [1.165, 1.54) is 0 Å². The summed E-state index contributed by atoms with van der Waals surface area (Å²) in [7, 11) is 0. The lowest BCUT2D eigenvalue weighted by Crippen LogP contribution is -2.13. The van der Waals surface area contributed by atoms with Crippen molar-refractivity contribution in [3.05, 3.63) is 28.5 Å². The number of benzene rings is 1. The molecule has 0 aliphatic rings. The summed E-state index contributed by atoms with van der Waals surface area (Å²) in [6.45, 7) is 0. The van der Waals surface area contributed by atoms with Crippen LogP contribution in [-0.2, 0) is 0 Å². The fourth-order valence-electron chi connectivity index (χ4n) is 1.16. The second kappa shape index (κ2) is 3.50. The first kappa shape index (κ1) is 9.91. The van der Waals surface area contributed by atoms with Crippen molar-refractivity contribution in [2.75, 3.05) is 11.6 Å². The van der Waals surface area contributed by atoms with Gasteiger partial charge in [-0.1, -0.05) is 6.07 Å². The summed E-state index contributed by atoms with van der Waals surface area (Å²) in [6.07, 6.45) is 0. The lowest BCUT2D eigenvalue weighted by atomic mass is 10.2. The van der Waals surface area contributed by atoms with E-state index >= 15 is 0 Å². The summed E-state index contributed by atoms with van der Waals surface area (Å²) >= 11 is 3.07. The molecule has 78 valence electrons. The molecule has 0 atom stereocenters. The number of hydrogen-bond donors (Lipinski definition) is 2. The van der Waals surface area contributed by atoms with E-state index in [0.717, 1.165) is 4.68 Å². The topological polar surface area (TPSA) is 82.8 Å². The number of nitrogens with zero attached hydrogens (tertiary/aromatic N) is 3. The molecule has 1 aromatic heterocycles. The molecule has 0 unspecified atom stereocenters. The predicted octanol–water partition coefficient (Wildman–Crippen LogP) is 1.14. The van der Waals surface area contributed by atoms with E-state index in [2.05, 4.69) is 26.1 Å². The third-order valence-corrected chi connectivity index (χ3v) is 2.53. The minimum Gasteiger partial charge on any atom is -0.366 e. The molecule has 15 heavy (non-hydrogen) atoms. The van der Waals surface area contributed by atoms with Crippen molar-refractivity contribution in [3.63, 3.8) is 0 Å². The van der Waals surface area contributed by atoms with E-state index in [0.29, 0.717) is 4.47 Å². The van der Waals surface area contributed by atoms with Gasteiger partial charge >= 0.3 is 0 Å². The van der Waals surface area contributed by atoms with Crippen molar-refractivity contribution in [2.45, 2.75) is 0 Å². The van der Waals surface area contributed by atoms with Crippen molar-refractivity contribution in [3.8, 4) is 11.4 Å². The maximum Gasteiger partial charge on any atom is 0.241 e. The van der Waals surface area contributed by atoms with Crippen LogP contribution in [0.4, 0.5) is 10.3 Å². The number of hydrogen-bond acceptors (Lipinski definition) is 4. The minimum atomic E-state index is -0.448. The zero-order valence-corrected chi connectivity index (χ0v) is 9.07. The maximum absolute atomic E-state index is 13.7. The smallest absolute Gasteiger partial charge is 0.241 e. The molecule has 0 saturated carbocycles. The fraction of sp³-hybridized carbons (Fsp3) is 0. The van der Waals surface area contributed by atoms with Crippen molar-refractivity contribution in [1.29, 1.82) is 0 Å². The molecule has 1 heterocycles. The summed E-state index contributed by atoms with van der Waals surface area (Å²) < 4.78 is 15.0. The number of halogens is 2. The first-order valence-electron chi connectivity index (χ1n) is 4.01. The van der Waals surface area contributed by atoms with Crippen molar-refractivity contribution >= 4 is 21.9 Å². The Balaban J connectivity index is 2.64. The van der Waals surface area contributed by atoms with Crippen LogP contribution in [0.25, 0.3) is 11.4 Å². The van der Waals surface area contributed by atoms with E-state index in [4.69, 9.17) is 11.6 Å². The zero-order chi connectivity index (χ0) is 11.0. The SMILES string of the molecule is Nc1nnc(-c2cccc(Br)c2F)n1N. The molecule has 0 spiro atoms. The average Bonchev–Trinajstić information content (AvgIpc) is 2.53. The van der Waals surface area contributed by atoms with Crippen LogP contribution in [-0.4, -0.2) is 14.9 Å². The molecular weight excluding hydrogens is 265 g/mol. The van der Waals surface area contributed by atoms with Gasteiger partial charge in [-0.15, -0.1) is 10.2 Å². The molecule has 5 nitrogen and oxygen atoms in total. The molecule has 0 fully saturated rings. The van der Waals surface area contributed by atoms with E-state index in [1.54, 1.807) is 18.2 Å². The molecule has 0 radical (unpaired) electrons. The summed E-state index contributed by atoms with van der Waals surface area (Å²) in [6, 6.07) is 4.81. The zero-order valence-electron chi connectivity index (χ0n) is 7.48. The quantitative estimate of drug-likeness (QED) is 0.762. The third kappa shape index (κ3) is 1.54. The lowest BCUT2D eigenvalue weighted by molar-refractivity contribution is 0.622. The number of nitrogens with two attached hydrogens (primary N) is 2. The number of aromatic nitrogens is 3. The van der Waals surface area contributed by atoms with Gasteiger partial charge in [0, 0.05) is 0 Å². The third-order valence-electron chi connectivity index (χ3n) is 1.91. The van der Waals surface area contributed by atoms with Crippen molar-refractivity contribution in [2.24, 2.45) is 0 Å². The van der Waals surface area contributed by atoms with Crippen molar-refractivity contribution in [1.82, 2.24) is 14.9 Å². The molecule has 4 N–H and O–H groups in total. The lowest BCUT2D eigenvalue weighted by Gasteiger charge is -2.03. The summed E-state index contributed by atoms with van der Waals surface area (Å²) in [5, 5.41) is 7.24. The molecule has 0 bridgehead atoms. The molecule has 0 aliphatic heterocycles. The van der Waals surface area contributed by atoms with E-state index < -0.39 is 5.82 Å². The predicted molar refractivity (Wildman–Crippen MR) is 57.7 cm³/mol. The molecule has 0 saturated heterocycles. The Morgan fingerprint density at radius 2 is 2.07 bits per heavy atom. The standard InChI is InChI=1S/C8H7BrFN5/c9-5-3-1-2-4(6(5)10)7-13-14-8(11)15(7)12/h1-3H,12H2,(H2,11,14). The van der Waals surface area contributed by atoms with E-state index in [-0.39, 0.29) is 17.3 Å². The van der Waals surface area contributed by atoms with Crippen LogP contribution in [0.3, 0.4) is 0 Å². The highest BCUT2D eigenvalue weighted by Crippen LogP contribution is 2.26. The largest absolute Gasteiger partial charge is 0.366 e. The minimum absolute atomic E-state index is 0.0318. The Morgan fingerprint density at radius 3 is 2.67 bits per heavy atom. The number of rotatable bonds is 1. The van der Waals surface area contributed by atoms with Crippen LogP contribution in [0.15, 0.2) is 22.7 Å². The van der Waals surface area contributed by atoms with E-state index in [9.17, 15) is 4.39 Å². The van der Waals surface area contributed by atoms with Crippen molar-refractivity contribution < 1.29 is 4.39 Å². The van der Waals surface area contributed by atoms with Crippen LogP contribution in [0.2, 0.25) is 0 Å². The molecule has 1 aromatic carbocycles. The van der Waals surface area contributed by atoms with Gasteiger partial charge in [0.15, 0.2) is 5.82 Å². The van der Waals surface area contributed by atoms with E-state index in [1.807, 2.05) is 0 Å². The van der Waals surface area contributed by atoms with Crippen LogP contribution in [0.1, 0.15) is 0 Å². The highest BCUT2D eigenvalue weighted by molar-refractivity contribution is 9.10. The number of nitrogen functional groups attached to an aromatic ring is 2. The fourth-order valence-corrected chi connectivity index (χ4v) is 1.53. The van der Waals surface area contributed by atoms with Gasteiger partial charge in [-0.2, -0.15) is 0 Å². The molecule has 2 aromatic rings. The molecule has 7 heteroatoms. The van der Waals surface area contributed by atoms with Gasteiger partial charge in [0.25, 0.3) is 0 Å². The van der Waals surface area contributed by atoms with Gasteiger partial charge < -0.3 is 11.6 Å². The van der Waals surface area contributed by atoms with Crippen LogP contribution in [0, 0.1) is 5.82 Å². The molecule has 2 rings (SSSR count). The summed E-state index contributed by atoms with van der Waals surface area (Å²) in [5.74, 6) is 5.31. The van der Waals surface area contributed by atoms with Gasteiger partial charge in [-0.25, -0.2) is 9.07 Å². The average molecular weight is 272 g/mol. The Bertz CT molecular complexity index is 510. The van der Waals surface area contributed by atoms with Gasteiger partial charge in [0.1, 0.15) is 5.82 Å². The second-order valence-electron chi connectivity index (χ2n) is 2.85. The van der Waals surface area contributed by atoms with Crippen LogP contribution in [0.5, 0.6) is 0 Å². The summed E-state index contributed by atoms with van der Waals surface area (Å²) in [5.41, 5.74) is 5.64. The van der Waals surface area contributed by atoms with Crippen LogP contribution >= 0.6 is 15.9 Å². The highest BCUT2D eigenvalue weighted by atomic mass is 79.9. The Hall–Kier alpha value is -1.63. The molecule has 0 amide bonds. The van der Waals surface area contributed by atoms with Gasteiger partial charge in [0.2, 0.25) is 5.95 Å². The van der Waals surface area contributed by atoms with Gasteiger partial charge in [0.05, 0.1) is 10.0 Å². The molecular formula is C8H7BrFN5. The van der Waals surface area contributed by atoms with Gasteiger partial charge in [-0.3, -0.25) is 0 Å². The Kier molecular flexibility index (Phi) is 2.31. The first-order valence-corrected chi connectivity index (χ1v) is 4.81. The Morgan fingerprint density at radius 1 is 1.33 bits per heavy atom. The monoisotopic (exact) mass is 271 g/mol. The second-order valence-corrected chi connectivity index (χ2v) is 3.71. The normalized spacial score (nSPS) is 10.5. The molecule has 0 aliphatic carbocycles. The van der Waals surface area contributed by atoms with Gasteiger partial charge in [-0.05, 0) is 28.1 Å². The first-order chi connectivity index (χ1) is 7.11. The number of anilines is 1. The maximum atomic E-state index is 13.7. The summed E-state index contributed by atoms with van der Waals surface area (Å²) in [4.78, 5) is 0.